The Hall–Kier alpha value is -2.72. The topological polar surface area (TPSA) is 75.9 Å². The minimum atomic E-state index is -3.61. The summed E-state index contributed by atoms with van der Waals surface area (Å²) in [5.41, 5.74) is 1.63. The molecule has 190 valence electrons. The first kappa shape index (κ1) is 25.0. The molecule has 0 amide bonds. The van der Waals surface area contributed by atoms with E-state index < -0.39 is 10.0 Å². The molecule has 0 N–H and O–H groups in total. The van der Waals surface area contributed by atoms with Crippen LogP contribution in [0.4, 0.5) is 0 Å². The van der Waals surface area contributed by atoms with Crippen molar-refractivity contribution in [1.82, 2.24) is 14.4 Å². The summed E-state index contributed by atoms with van der Waals surface area (Å²) in [5, 5.41) is 5.10. The SMILES string of the molecule is Cc1noc(C)c1S(=O)(=O)N1CCC(Oc2ccc(CN(C)Cc3cc4ccccc4s3)cc2)CC1. The number of hydrogen-bond donors (Lipinski definition) is 0. The first-order chi connectivity index (χ1) is 17.3. The Kier molecular flexibility index (Phi) is 7.16. The van der Waals surface area contributed by atoms with Crippen LogP contribution in [0.2, 0.25) is 0 Å². The second-order valence-electron chi connectivity index (χ2n) is 9.44. The molecule has 0 atom stereocenters. The van der Waals surface area contributed by atoms with Crippen molar-refractivity contribution >= 4 is 31.4 Å². The molecular weight excluding hydrogens is 494 g/mol. The molecule has 4 aromatic rings. The van der Waals surface area contributed by atoms with Gasteiger partial charge in [-0.3, -0.25) is 4.90 Å². The maximum Gasteiger partial charge on any atom is 0.248 e. The van der Waals surface area contributed by atoms with Crippen LogP contribution in [-0.2, 0) is 23.1 Å². The number of thiophene rings is 1. The van der Waals surface area contributed by atoms with Gasteiger partial charge < -0.3 is 9.26 Å². The van der Waals surface area contributed by atoms with Crippen molar-refractivity contribution in [3.05, 3.63) is 76.5 Å². The van der Waals surface area contributed by atoms with E-state index in [4.69, 9.17) is 9.26 Å². The molecule has 0 radical (unpaired) electrons. The lowest BCUT2D eigenvalue weighted by molar-refractivity contribution is 0.135. The Morgan fingerprint density at radius 3 is 2.47 bits per heavy atom. The van der Waals surface area contributed by atoms with E-state index in [9.17, 15) is 8.42 Å². The van der Waals surface area contributed by atoms with E-state index in [0.717, 1.165) is 18.8 Å². The van der Waals surface area contributed by atoms with Gasteiger partial charge in [0, 0.05) is 35.8 Å². The van der Waals surface area contributed by atoms with Crippen molar-refractivity contribution < 1.29 is 17.7 Å². The van der Waals surface area contributed by atoms with Crippen LogP contribution in [-0.4, -0.2) is 49.0 Å². The van der Waals surface area contributed by atoms with Crippen LogP contribution in [0.1, 0.15) is 34.7 Å². The molecule has 0 unspecified atom stereocenters. The van der Waals surface area contributed by atoms with Crippen LogP contribution in [0.3, 0.4) is 0 Å². The zero-order valence-electron chi connectivity index (χ0n) is 20.8. The van der Waals surface area contributed by atoms with Gasteiger partial charge in [-0.25, -0.2) is 8.42 Å². The van der Waals surface area contributed by atoms with Crippen molar-refractivity contribution in [3.63, 3.8) is 0 Å². The number of hydrogen-bond acceptors (Lipinski definition) is 7. The van der Waals surface area contributed by atoms with E-state index >= 15 is 0 Å². The van der Waals surface area contributed by atoms with E-state index in [1.165, 1.54) is 24.8 Å². The fourth-order valence-corrected chi connectivity index (χ4v) is 7.68. The lowest BCUT2D eigenvalue weighted by Crippen LogP contribution is -2.42. The fraction of sp³-hybridized carbons (Fsp3) is 0.370. The zero-order chi connectivity index (χ0) is 25.3. The highest BCUT2D eigenvalue weighted by atomic mass is 32.2. The van der Waals surface area contributed by atoms with E-state index in [1.807, 2.05) is 23.5 Å². The summed E-state index contributed by atoms with van der Waals surface area (Å²) in [6.45, 7) is 5.88. The molecule has 2 aromatic heterocycles. The molecular formula is C27H31N3O4S2. The first-order valence-corrected chi connectivity index (χ1v) is 14.4. The first-order valence-electron chi connectivity index (χ1n) is 12.1. The number of aryl methyl sites for hydroxylation is 2. The van der Waals surface area contributed by atoms with Gasteiger partial charge in [-0.05, 0) is 69.0 Å². The zero-order valence-corrected chi connectivity index (χ0v) is 22.4. The van der Waals surface area contributed by atoms with Crippen molar-refractivity contribution in [2.24, 2.45) is 0 Å². The standard InChI is InChI=1S/C27H31N3O4S2/c1-19-27(20(2)34-28-19)36(31,32)30-14-12-24(13-15-30)33-23-10-8-21(9-11-23)17-29(3)18-25-16-22-6-4-5-7-26(22)35-25/h4-11,16,24H,12-15,17-18H2,1-3H3. The van der Waals surface area contributed by atoms with Gasteiger partial charge in [-0.15, -0.1) is 11.3 Å². The second kappa shape index (κ2) is 10.3. The number of rotatable bonds is 8. The molecule has 0 spiro atoms. The lowest BCUT2D eigenvalue weighted by Gasteiger charge is -2.31. The predicted molar refractivity (Wildman–Crippen MR) is 142 cm³/mol. The summed E-state index contributed by atoms with van der Waals surface area (Å²) in [6, 6.07) is 19.0. The lowest BCUT2D eigenvalue weighted by atomic mass is 10.1. The Morgan fingerprint density at radius 1 is 1.08 bits per heavy atom. The molecule has 7 nitrogen and oxygen atoms in total. The average Bonchev–Trinajstić information content (AvgIpc) is 3.42. The average molecular weight is 526 g/mol. The highest BCUT2D eigenvalue weighted by Gasteiger charge is 2.34. The Balaban J connectivity index is 1.12. The van der Waals surface area contributed by atoms with Gasteiger partial charge in [0.1, 0.15) is 22.4 Å². The number of benzene rings is 2. The van der Waals surface area contributed by atoms with E-state index in [-0.39, 0.29) is 11.0 Å². The van der Waals surface area contributed by atoms with E-state index in [2.05, 4.69) is 59.6 Å². The summed E-state index contributed by atoms with van der Waals surface area (Å²) < 4.78 is 40.1. The van der Waals surface area contributed by atoms with Crippen molar-refractivity contribution in [1.29, 1.82) is 0 Å². The highest BCUT2D eigenvalue weighted by Crippen LogP contribution is 2.28. The second-order valence-corrected chi connectivity index (χ2v) is 12.5. The summed E-state index contributed by atoms with van der Waals surface area (Å²) in [6.07, 6.45) is 1.27. The Bertz CT molecular complexity index is 1380. The Morgan fingerprint density at radius 2 is 1.81 bits per heavy atom. The molecule has 1 fully saturated rings. The smallest absolute Gasteiger partial charge is 0.248 e. The van der Waals surface area contributed by atoms with Gasteiger partial charge in [0.25, 0.3) is 0 Å². The molecule has 9 heteroatoms. The van der Waals surface area contributed by atoms with Crippen LogP contribution in [0.25, 0.3) is 10.1 Å². The summed E-state index contributed by atoms with van der Waals surface area (Å²) in [4.78, 5) is 3.87. The predicted octanol–water partition coefficient (Wildman–Crippen LogP) is 5.37. The monoisotopic (exact) mass is 525 g/mol. The van der Waals surface area contributed by atoms with Gasteiger partial charge in [0.05, 0.1) is 0 Å². The number of nitrogens with zero attached hydrogens (tertiary/aromatic N) is 3. The molecule has 1 aliphatic heterocycles. The molecule has 5 rings (SSSR count). The third kappa shape index (κ3) is 5.34. The molecule has 1 saturated heterocycles. The minimum Gasteiger partial charge on any atom is -0.490 e. The third-order valence-electron chi connectivity index (χ3n) is 6.55. The molecule has 2 aromatic carbocycles. The van der Waals surface area contributed by atoms with Gasteiger partial charge in [0.15, 0.2) is 5.76 Å². The van der Waals surface area contributed by atoms with Crippen LogP contribution in [0.15, 0.2) is 64.0 Å². The van der Waals surface area contributed by atoms with E-state index in [1.54, 1.807) is 13.8 Å². The molecule has 1 aliphatic rings. The van der Waals surface area contributed by atoms with Crippen LogP contribution >= 0.6 is 11.3 Å². The summed E-state index contributed by atoms with van der Waals surface area (Å²) >= 11 is 1.85. The molecule has 36 heavy (non-hydrogen) atoms. The fourth-order valence-electron chi connectivity index (χ4n) is 4.78. The van der Waals surface area contributed by atoms with Gasteiger partial charge in [-0.2, -0.15) is 4.31 Å². The minimum absolute atomic E-state index is 0.0115. The maximum absolute atomic E-state index is 13.0. The highest BCUT2D eigenvalue weighted by molar-refractivity contribution is 7.89. The van der Waals surface area contributed by atoms with Crippen LogP contribution in [0.5, 0.6) is 5.75 Å². The van der Waals surface area contributed by atoms with Crippen molar-refractivity contribution in [2.75, 3.05) is 20.1 Å². The number of piperidine rings is 1. The number of fused-ring (bicyclic) bond motifs is 1. The Labute approximate surface area is 216 Å². The van der Waals surface area contributed by atoms with Gasteiger partial charge in [-0.1, -0.05) is 35.5 Å². The van der Waals surface area contributed by atoms with E-state index in [0.29, 0.717) is 37.4 Å². The normalized spacial score (nSPS) is 15.7. The van der Waals surface area contributed by atoms with Gasteiger partial charge >= 0.3 is 0 Å². The largest absolute Gasteiger partial charge is 0.490 e. The summed E-state index contributed by atoms with van der Waals surface area (Å²) in [5.74, 6) is 1.15. The van der Waals surface area contributed by atoms with Crippen LogP contribution in [0, 0.1) is 13.8 Å². The number of aromatic nitrogens is 1. The van der Waals surface area contributed by atoms with Crippen molar-refractivity contribution in [2.45, 2.75) is 50.8 Å². The summed E-state index contributed by atoms with van der Waals surface area (Å²) in [7, 11) is -1.47. The van der Waals surface area contributed by atoms with Crippen molar-refractivity contribution in [3.8, 4) is 5.75 Å². The quantitative estimate of drug-likeness (QED) is 0.308. The maximum atomic E-state index is 13.0. The third-order valence-corrected chi connectivity index (χ3v) is 9.79. The number of sulfonamides is 1. The molecule has 3 heterocycles. The molecule has 0 aliphatic carbocycles. The molecule has 0 bridgehead atoms. The number of ether oxygens (including phenoxy) is 1. The van der Waals surface area contributed by atoms with Gasteiger partial charge in [0.2, 0.25) is 10.0 Å². The van der Waals surface area contributed by atoms with Crippen LogP contribution < -0.4 is 4.74 Å². The molecule has 0 saturated carbocycles.